The number of methoxy groups -OCH3 is 1. The topological polar surface area (TPSA) is 99.5 Å². The molecule has 1 aromatic carbocycles. The van der Waals surface area contributed by atoms with E-state index in [0.717, 1.165) is 43.6 Å². The SMILES string of the molecule is CCN(CCOC)CCOC(=O)c1ccc(CCC[C@@H]2[C@@H](/C=C/[C@@H](O)CCc3ccccc3)[C@H](O)C[C@@H]2O)s1. The van der Waals surface area contributed by atoms with Gasteiger partial charge in [0.2, 0.25) is 0 Å². The first-order valence-electron chi connectivity index (χ1n) is 14.1. The van der Waals surface area contributed by atoms with Crippen molar-refractivity contribution in [1.29, 1.82) is 0 Å². The van der Waals surface area contributed by atoms with Gasteiger partial charge < -0.3 is 24.8 Å². The highest BCUT2D eigenvalue weighted by molar-refractivity contribution is 7.13. The van der Waals surface area contributed by atoms with E-state index in [9.17, 15) is 20.1 Å². The maximum absolute atomic E-state index is 12.5. The first kappa shape index (κ1) is 31.5. The molecule has 1 fully saturated rings. The van der Waals surface area contributed by atoms with Crippen molar-refractivity contribution in [2.24, 2.45) is 11.8 Å². The van der Waals surface area contributed by atoms with Gasteiger partial charge in [-0.15, -0.1) is 11.3 Å². The summed E-state index contributed by atoms with van der Waals surface area (Å²) in [6.07, 6.45) is 6.08. The predicted molar refractivity (Wildman–Crippen MR) is 155 cm³/mol. The average molecular weight is 560 g/mol. The summed E-state index contributed by atoms with van der Waals surface area (Å²) in [5.41, 5.74) is 1.19. The van der Waals surface area contributed by atoms with Crippen LogP contribution < -0.4 is 0 Å². The summed E-state index contributed by atoms with van der Waals surface area (Å²) in [6, 6.07) is 13.9. The summed E-state index contributed by atoms with van der Waals surface area (Å²) < 4.78 is 10.6. The van der Waals surface area contributed by atoms with Gasteiger partial charge in [0.25, 0.3) is 0 Å². The average Bonchev–Trinajstić information content (AvgIpc) is 3.52. The van der Waals surface area contributed by atoms with E-state index in [-0.39, 0.29) is 17.8 Å². The fraction of sp³-hybridized carbons (Fsp3) is 0.581. The number of benzene rings is 1. The monoisotopic (exact) mass is 559 g/mol. The van der Waals surface area contributed by atoms with Crippen molar-refractivity contribution in [1.82, 2.24) is 4.90 Å². The zero-order valence-electron chi connectivity index (χ0n) is 23.3. The molecular weight excluding hydrogens is 514 g/mol. The van der Waals surface area contributed by atoms with Crippen LogP contribution in [0.5, 0.6) is 0 Å². The van der Waals surface area contributed by atoms with Crippen LogP contribution in [-0.2, 0) is 22.3 Å². The van der Waals surface area contributed by atoms with Gasteiger partial charge in [-0.2, -0.15) is 0 Å². The van der Waals surface area contributed by atoms with Gasteiger partial charge in [-0.05, 0) is 62.3 Å². The number of ether oxygens (including phenoxy) is 2. The lowest BCUT2D eigenvalue weighted by Gasteiger charge is -2.21. The van der Waals surface area contributed by atoms with Crippen LogP contribution >= 0.6 is 11.3 Å². The number of esters is 1. The molecule has 1 saturated carbocycles. The lowest BCUT2D eigenvalue weighted by Crippen LogP contribution is -2.31. The largest absolute Gasteiger partial charge is 0.460 e. The van der Waals surface area contributed by atoms with E-state index in [1.54, 1.807) is 13.2 Å². The molecule has 0 bridgehead atoms. The molecule has 0 unspecified atom stereocenters. The van der Waals surface area contributed by atoms with Crippen LogP contribution in [0.25, 0.3) is 0 Å². The van der Waals surface area contributed by atoms with Gasteiger partial charge in [0, 0.05) is 37.4 Å². The number of aliphatic hydroxyl groups is 3. The molecule has 39 heavy (non-hydrogen) atoms. The van der Waals surface area contributed by atoms with Crippen LogP contribution in [0, 0.1) is 11.8 Å². The van der Waals surface area contributed by atoms with Gasteiger partial charge in [0.1, 0.15) is 11.5 Å². The molecule has 7 nitrogen and oxygen atoms in total. The van der Waals surface area contributed by atoms with E-state index in [0.29, 0.717) is 37.5 Å². The Hall–Kier alpha value is -2.07. The molecule has 1 aromatic heterocycles. The molecule has 0 spiro atoms. The third kappa shape index (κ3) is 10.4. The van der Waals surface area contributed by atoms with Crippen molar-refractivity contribution >= 4 is 17.3 Å². The summed E-state index contributed by atoms with van der Waals surface area (Å²) in [7, 11) is 1.68. The number of aryl methyl sites for hydroxylation is 2. The van der Waals surface area contributed by atoms with Gasteiger partial charge in [0.15, 0.2) is 0 Å². The summed E-state index contributed by atoms with van der Waals surface area (Å²) in [5.74, 6) is -0.521. The van der Waals surface area contributed by atoms with Crippen molar-refractivity contribution in [3.8, 4) is 0 Å². The highest BCUT2D eigenvalue weighted by Gasteiger charge is 2.39. The van der Waals surface area contributed by atoms with E-state index in [1.165, 1.54) is 16.9 Å². The van der Waals surface area contributed by atoms with Crippen molar-refractivity contribution in [2.75, 3.05) is 40.0 Å². The highest BCUT2D eigenvalue weighted by atomic mass is 32.1. The molecule has 8 heteroatoms. The Morgan fingerprint density at radius 2 is 1.87 bits per heavy atom. The number of rotatable bonds is 17. The molecule has 0 amide bonds. The Morgan fingerprint density at radius 1 is 1.10 bits per heavy atom. The Balaban J connectivity index is 1.42. The fourth-order valence-corrected chi connectivity index (χ4v) is 6.15. The van der Waals surface area contributed by atoms with Gasteiger partial charge in [-0.1, -0.05) is 49.4 Å². The number of hydrogen-bond acceptors (Lipinski definition) is 8. The van der Waals surface area contributed by atoms with Gasteiger partial charge in [-0.3, -0.25) is 4.90 Å². The van der Waals surface area contributed by atoms with E-state index in [1.807, 2.05) is 36.4 Å². The lowest BCUT2D eigenvalue weighted by molar-refractivity contribution is 0.0455. The second-order valence-electron chi connectivity index (χ2n) is 10.3. The summed E-state index contributed by atoms with van der Waals surface area (Å²) in [5, 5.41) is 31.6. The maximum atomic E-state index is 12.5. The van der Waals surface area contributed by atoms with Crippen molar-refractivity contribution in [3.05, 3.63) is 69.9 Å². The summed E-state index contributed by atoms with van der Waals surface area (Å²) in [4.78, 5) is 16.3. The van der Waals surface area contributed by atoms with Gasteiger partial charge in [-0.25, -0.2) is 4.79 Å². The standard InChI is InChI=1S/C31H45NO6S/c1-3-32(18-20-37-2)19-21-38-31(36)30-17-15-25(39-30)10-7-11-26-27(29(35)22-28(26)34)16-14-24(33)13-12-23-8-5-4-6-9-23/h4-6,8-9,14-17,24,26-29,33-35H,3,7,10-13,18-22H2,1-2H3/b16-14+/t24-,26+,27+,28-,29+/m0/s1. The molecule has 0 saturated heterocycles. The first-order chi connectivity index (χ1) is 18.9. The Morgan fingerprint density at radius 3 is 2.62 bits per heavy atom. The molecule has 0 radical (unpaired) electrons. The van der Waals surface area contributed by atoms with Crippen LogP contribution in [-0.4, -0.2) is 84.5 Å². The molecule has 216 valence electrons. The van der Waals surface area contributed by atoms with Crippen molar-refractivity contribution in [3.63, 3.8) is 0 Å². The first-order valence-corrected chi connectivity index (χ1v) is 15.0. The zero-order chi connectivity index (χ0) is 28.0. The Kier molecular flexibility index (Phi) is 13.6. The van der Waals surface area contributed by atoms with Crippen molar-refractivity contribution < 1.29 is 29.6 Å². The molecule has 0 aliphatic heterocycles. The lowest BCUT2D eigenvalue weighted by atomic mass is 9.88. The second kappa shape index (κ2) is 16.9. The van der Waals surface area contributed by atoms with E-state index < -0.39 is 18.3 Å². The fourth-order valence-electron chi connectivity index (χ4n) is 5.21. The summed E-state index contributed by atoms with van der Waals surface area (Å²) in [6.45, 7) is 5.44. The molecule has 3 rings (SSSR count). The van der Waals surface area contributed by atoms with E-state index >= 15 is 0 Å². The van der Waals surface area contributed by atoms with Crippen LogP contribution in [0.2, 0.25) is 0 Å². The number of carbonyl (C=O) groups excluding carboxylic acids is 1. The number of thiophene rings is 1. The minimum Gasteiger partial charge on any atom is -0.460 e. The minimum atomic E-state index is -0.608. The second-order valence-corrected chi connectivity index (χ2v) is 11.5. The normalized spacial score (nSPS) is 22.1. The minimum absolute atomic E-state index is 0.0541. The van der Waals surface area contributed by atoms with E-state index in [4.69, 9.17) is 9.47 Å². The number of aliphatic hydroxyl groups excluding tert-OH is 3. The molecule has 1 aliphatic rings. The quantitative estimate of drug-likeness (QED) is 0.198. The summed E-state index contributed by atoms with van der Waals surface area (Å²) >= 11 is 1.45. The van der Waals surface area contributed by atoms with Crippen LogP contribution in [0.15, 0.2) is 54.6 Å². The van der Waals surface area contributed by atoms with Crippen LogP contribution in [0.4, 0.5) is 0 Å². The molecule has 1 heterocycles. The molecule has 3 N–H and O–H groups in total. The number of carbonyl (C=O) groups is 1. The molecular formula is C31H45NO6S. The highest BCUT2D eigenvalue weighted by Crippen LogP contribution is 2.37. The van der Waals surface area contributed by atoms with E-state index in [2.05, 4.69) is 24.0 Å². The van der Waals surface area contributed by atoms with Gasteiger partial charge >= 0.3 is 5.97 Å². The third-order valence-corrected chi connectivity index (χ3v) is 8.69. The van der Waals surface area contributed by atoms with Gasteiger partial charge in [0.05, 0.1) is 24.9 Å². The van der Waals surface area contributed by atoms with Crippen LogP contribution in [0.1, 0.15) is 52.7 Å². The zero-order valence-corrected chi connectivity index (χ0v) is 24.1. The third-order valence-electron chi connectivity index (χ3n) is 7.57. The Bertz CT molecular complexity index is 996. The molecule has 5 atom stereocenters. The Labute approximate surface area is 237 Å². The smallest absolute Gasteiger partial charge is 0.348 e. The van der Waals surface area contributed by atoms with Crippen LogP contribution in [0.3, 0.4) is 0 Å². The predicted octanol–water partition coefficient (Wildman–Crippen LogP) is 4.10. The molecule has 1 aliphatic carbocycles. The van der Waals surface area contributed by atoms with Crippen molar-refractivity contribution in [2.45, 2.75) is 63.8 Å². The number of likely N-dealkylation sites (N-methyl/N-ethyl adjacent to an activating group) is 1. The molecule has 2 aromatic rings. The maximum Gasteiger partial charge on any atom is 0.348 e. The number of nitrogens with zero attached hydrogens (tertiary/aromatic N) is 1. The number of hydrogen-bond donors (Lipinski definition) is 3.